The van der Waals surface area contributed by atoms with Crippen molar-refractivity contribution in [3.05, 3.63) is 11.9 Å². The van der Waals surface area contributed by atoms with Crippen LogP contribution in [0.1, 0.15) is 5.82 Å². The second-order valence-corrected chi connectivity index (χ2v) is 5.35. The zero-order valence-electron chi connectivity index (χ0n) is 13.3. The molecule has 0 saturated carbocycles. The van der Waals surface area contributed by atoms with Crippen LogP contribution in [0.4, 0.5) is 0 Å². The van der Waals surface area contributed by atoms with E-state index in [1.807, 2.05) is 0 Å². The first-order chi connectivity index (χ1) is 10.6. The molecule has 1 aromatic rings. The van der Waals surface area contributed by atoms with E-state index in [0.717, 1.165) is 5.75 Å². The summed E-state index contributed by atoms with van der Waals surface area (Å²) in [6.45, 7) is 0.777. The van der Waals surface area contributed by atoms with Gasteiger partial charge in [-0.3, -0.25) is 4.79 Å². The second kappa shape index (κ2) is 10.2. The Hall–Kier alpha value is -1.58. The lowest BCUT2D eigenvalue weighted by atomic mass is 10.5. The minimum atomic E-state index is -0.0794. The lowest BCUT2D eigenvalue weighted by molar-refractivity contribution is -0.141. The van der Waals surface area contributed by atoms with Gasteiger partial charge in [0, 0.05) is 19.3 Å². The van der Waals surface area contributed by atoms with Crippen LogP contribution in [0.5, 0.6) is 11.8 Å². The van der Waals surface area contributed by atoms with E-state index in [2.05, 4.69) is 15.3 Å². The smallest absolute Gasteiger partial charge is 0.236 e. The van der Waals surface area contributed by atoms with Crippen molar-refractivity contribution in [2.75, 3.05) is 47.2 Å². The van der Waals surface area contributed by atoms with Gasteiger partial charge in [-0.1, -0.05) is 0 Å². The Morgan fingerprint density at radius 3 is 2.45 bits per heavy atom. The highest BCUT2D eigenvalue weighted by molar-refractivity contribution is 7.98. The van der Waals surface area contributed by atoms with Crippen molar-refractivity contribution < 1.29 is 19.1 Å². The average Bonchev–Trinajstić information content (AvgIpc) is 2.53. The molecule has 9 heteroatoms. The number of carbonyl (C=O) groups is 1. The Kier molecular flexibility index (Phi) is 8.56. The van der Waals surface area contributed by atoms with Gasteiger partial charge < -0.3 is 19.6 Å². The number of thioether (sulfide) groups is 1. The van der Waals surface area contributed by atoms with Crippen LogP contribution in [0.15, 0.2) is 6.07 Å². The molecule has 0 spiro atoms. The zero-order chi connectivity index (χ0) is 16.4. The largest absolute Gasteiger partial charge is 0.481 e. The molecule has 0 unspecified atom stereocenters. The predicted octanol–water partition coefficient (Wildman–Crippen LogP) is 0.336. The number of ether oxygens (including phenoxy) is 2. The van der Waals surface area contributed by atoms with Crippen LogP contribution in [0, 0.1) is 0 Å². The Balaban J connectivity index is 2.28. The number of carbonyl (C=O) groups excluding carboxylic acids is 1. The monoisotopic (exact) mass is 330 g/mol. The maximum absolute atomic E-state index is 11.5. The molecule has 124 valence electrons. The molecular formula is C13H22N4O4S. The average molecular weight is 330 g/mol. The van der Waals surface area contributed by atoms with E-state index >= 15 is 0 Å². The van der Waals surface area contributed by atoms with Crippen LogP contribution in [0.3, 0.4) is 0 Å². The molecule has 1 aromatic heterocycles. The molecule has 22 heavy (non-hydrogen) atoms. The molecule has 0 radical (unpaired) electrons. The van der Waals surface area contributed by atoms with Crippen LogP contribution >= 0.6 is 11.8 Å². The van der Waals surface area contributed by atoms with E-state index in [9.17, 15) is 4.79 Å². The first-order valence-corrected chi connectivity index (χ1v) is 7.80. The fourth-order valence-corrected chi connectivity index (χ4v) is 2.17. The summed E-state index contributed by atoms with van der Waals surface area (Å²) in [6.07, 6.45) is 0. The number of hydrogen-bond donors (Lipinski definition) is 1. The van der Waals surface area contributed by atoms with E-state index in [-0.39, 0.29) is 12.5 Å². The van der Waals surface area contributed by atoms with Gasteiger partial charge >= 0.3 is 0 Å². The lowest BCUT2D eigenvalue weighted by Gasteiger charge is -2.12. The Bertz CT molecular complexity index is 453. The second-order valence-electron chi connectivity index (χ2n) is 4.24. The maximum Gasteiger partial charge on any atom is 0.236 e. The summed E-state index contributed by atoms with van der Waals surface area (Å²) in [5, 5.41) is 4.26. The number of likely N-dealkylation sites (N-methyl/N-ethyl adjacent to an activating group) is 1. The predicted molar refractivity (Wildman–Crippen MR) is 83.9 cm³/mol. The van der Waals surface area contributed by atoms with Gasteiger partial charge in [0.2, 0.25) is 17.7 Å². The fourth-order valence-electron chi connectivity index (χ4n) is 1.47. The summed E-state index contributed by atoms with van der Waals surface area (Å²) in [5.74, 6) is 2.86. The lowest BCUT2D eigenvalue weighted by Crippen LogP contribution is -2.35. The summed E-state index contributed by atoms with van der Waals surface area (Å²) < 4.78 is 10.2. The van der Waals surface area contributed by atoms with Gasteiger partial charge in [-0.25, -0.2) is 0 Å². The molecular weight excluding hydrogens is 308 g/mol. The highest BCUT2D eigenvalue weighted by atomic mass is 32.2. The van der Waals surface area contributed by atoms with Crippen molar-refractivity contribution >= 4 is 17.7 Å². The molecule has 0 bridgehead atoms. The zero-order valence-corrected chi connectivity index (χ0v) is 14.1. The van der Waals surface area contributed by atoms with Crippen LogP contribution in [-0.4, -0.2) is 68.2 Å². The SMILES string of the molecule is COc1cc(OC)nc(CSCCNC(=O)CN(C)OC)n1. The maximum atomic E-state index is 11.5. The number of aromatic nitrogens is 2. The summed E-state index contributed by atoms with van der Waals surface area (Å²) >= 11 is 1.62. The number of hydroxylamine groups is 2. The van der Waals surface area contributed by atoms with E-state index in [0.29, 0.717) is 29.9 Å². The van der Waals surface area contributed by atoms with E-state index in [1.165, 1.54) is 12.2 Å². The number of rotatable bonds is 10. The Morgan fingerprint density at radius 1 is 1.27 bits per heavy atom. The molecule has 0 aliphatic rings. The van der Waals surface area contributed by atoms with Gasteiger partial charge in [-0.05, 0) is 0 Å². The highest BCUT2D eigenvalue weighted by Crippen LogP contribution is 2.17. The summed E-state index contributed by atoms with van der Waals surface area (Å²) in [7, 11) is 6.31. The molecule has 0 aliphatic heterocycles. The summed E-state index contributed by atoms with van der Waals surface area (Å²) in [6, 6.07) is 1.63. The van der Waals surface area contributed by atoms with Crippen LogP contribution in [0.2, 0.25) is 0 Å². The van der Waals surface area contributed by atoms with Crippen molar-refractivity contribution in [3.8, 4) is 11.8 Å². The Morgan fingerprint density at radius 2 is 1.91 bits per heavy atom. The van der Waals surface area contributed by atoms with E-state index in [1.54, 1.807) is 39.1 Å². The van der Waals surface area contributed by atoms with Crippen molar-refractivity contribution in [1.29, 1.82) is 0 Å². The Labute approximate surface area is 134 Å². The minimum Gasteiger partial charge on any atom is -0.481 e. The third-order valence-electron chi connectivity index (χ3n) is 2.62. The first-order valence-electron chi connectivity index (χ1n) is 6.64. The molecule has 0 atom stereocenters. The molecule has 8 nitrogen and oxygen atoms in total. The van der Waals surface area contributed by atoms with Crippen molar-refractivity contribution in [1.82, 2.24) is 20.3 Å². The van der Waals surface area contributed by atoms with Crippen LogP contribution < -0.4 is 14.8 Å². The minimum absolute atomic E-state index is 0.0794. The molecule has 1 N–H and O–H groups in total. The molecule has 0 saturated heterocycles. The number of amides is 1. The standard InChI is InChI=1S/C13H22N4O4S/c1-17(21-4)8-11(18)14-5-6-22-9-10-15-12(19-2)7-13(16-10)20-3/h7H,5-6,8-9H2,1-4H3,(H,14,18). The van der Waals surface area contributed by atoms with Crippen molar-refractivity contribution in [2.45, 2.75) is 5.75 Å². The third kappa shape index (κ3) is 6.92. The highest BCUT2D eigenvalue weighted by Gasteiger charge is 2.07. The normalized spacial score (nSPS) is 10.6. The van der Waals surface area contributed by atoms with Gasteiger partial charge in [0.05, 0.1) is 33.1 Å². The first kappa shape index (κ1) is 18.5. The number of methoxy groups -OCH3 is 2. The number of nitrogens with one attached hydrogen (secondary N) is 1. The van der Waals surface area contributed by atoms with Gasteiger partial charge in [0.25, 0.3) is 0 Å². The molecule has 1 heterocycles. The molecule has 1 amide bonds. The summed E-state index contributed by atoms with van der Waals surface area (Å²) in [5.41, 5.74) is 0. The van der Waals surface area contributed by atoms with Gasteiger partial charge in [0.1, 0.15) is 12.4 Å². The van der Waals surface area contributed by atoms with Gasteiger partial charge in [-0.2, -0.15) is 26.8 Å². The molecule has 0 aromatic carbocycles. The quantitative estimate of drug-likeness (QED) is 0.485. The topological polar surface area (TPSA) is 85.8 Å². The number of nitrogens with zero attached hydrogens (tertiary/aromatic N) is 3. The van der Waals surface area contributed by atoms with E-state index < -0.39 is 0 Å². The van der Waals surface area contributed by atoms with Gasteiger partial charge in [0.15, 0.2) is 0 Å². The van der Waals surface area contributed by atoms with Gasteiger partial charge in [-0.15, -0.1) is 0 Å². The summed E-state index contributed by atoms with van der Waals surface area (Å²) in [4.78, 5) is 24.9. The number of hydrogen-bond acceptors (Lipinski definition) is 8. The molecule has 1 rings (SSSR count). The molecule has 0 aliphatic carbocycles. The third-order valence-corrected chi connectivity index (χ3v) is 3.58. The van der Waals surface area contributed by atoms with Crippen molar-refractivity contribution in [3.63, 3.8) is 0 Å². The van der Waals surface area contributed by atoms with Crippen LogP contribution in [-0.2, 0) is 15.4 Å². The van der Waals surface area contributed by atoms with Crippen molar-refractivity contribution in [2.24, 2.45) is 0 Å². The van der Waals surface area contributed by atoms with E-state index in [4.69, 9.17) is 14.3 Å². The van der Waals surface area contributed by atoms with Crippen LogP contribution in [0.25, 0.3) is 0 Å². The molecule has 0 fully saturated rings. The fraction of sp³-hybridized carbons (Fsp3) is 0.615.